The fraction of sp³-hybridized carbons (Fsp3) is 0.200. The molecule has 0 spiro atoms. The summed E-state index contributed by atoms with van der Waals surface area (Å²) in [6.45, 7) is 1.72. The lowest BCUT2D eigenvalue weighted by molar-refractivity contribution is -0.120. The van der Waals surface area contributed by atoms with E-state index in [0.29, 0.717) is 21.4 Å². The molecule has 1 heterocycles. The molecule has 1 aliphatic heterocycles. The van der Waals surface area contributed by atoms with Crippen molar-refractivity contribution in [3.8, 4) is 11.5 Å². The zero-order chi connectivity index (χ0) is 21.0. The monoisotopic (exact) mass is 433 g/mol. The van der Waals surface area contributed by atoms with Crippen molar-refractivity contribution in [1.29, 1.82) is 0 Å². The summed E-state index contributed by atoms with van der Waals surface area (Å²) < 4.78 is 10.6. The van der Waals surface area contributed by atoms with Gasteiger partial charge in [-0.3, -0.25) is 9.59 Å². The number of carbonyl (C=O) groups is 2. The van der Waals surface area contributed by atoms with Crippen molar-refractivity contribution >= 4 is 46.9 Å². The minimum atomic E-state index is -0.578. The average molecular weight is 434 g/mol. The number of amides is 2. The van der Waals surface area contributed by atoms with Gasteiger partial charge >= 0.3 is 0 Å². The minimum Gasteiger partial charge on any atom is -0.493 e. The number of ether oxygens (including phenoxy) is 2. The third-order valence-electron chi connectivity index (χ3n) is 4.07. The van der Waals surface area contributed by atoms with Crippen LogP contribution in [-0.2, 0) is 9.59 Å². The molecule has 29 heavy (non-hydrogen) atoms. The highest BCUT2D eigenvalue weighted by Crippen LogP contribution is 2.34. The van der Waals surface area contributed by atoms with Gasteiger partial charge in [0.1, 0.15) is 0 Å². The number of hydrogen-bond acceptors (Lipinski definition) is 6. The largest absolute Gasteiger partial charge is 0.493 e. The molecule has 9 heteroatoms. The molecule has 152 valence electrons. The van der Waals surface area contributed by atoms with E-state index in [9.17, 15) is 9.59 Å². The first-order valence-electron chi connectivity index (χ1n) is 8.67. The van der Waals surface area contributed by atoms with Gasteiger partial charge in [-0.15, -0.1) is 0 Å². The smallest absolute Gasteiger partial charge is 0.260 e. The van der Waals surface area contributed by atoms with Crippen molar-refractivity contribution in [2.75, 3.05) is 19.0 Å². The van der Waals surface area contributed by atoms with E-state index in [1.807, 2.05) is 25.1 Å². The number of methoxy groups -OCH3 is 1. The fourth-order valence-electron chi connectivity index (χ4n) is 2.65. The van der Waals surface area contributed by atoms with Crippen LogP contribution in [0.1, 0.15) is 11.1 Å². The summed E-state index contributed by atoms with van der Waals surface area (Å²) in [6, 6.07) is 10.7. The zero-order valence-electron chi connectivity index (χ0n) is 15.8. The minimum absolute atomic E-state index is 0.180. The number of aryl methyl sites for hydroxylation is 1. The Bertz CT molecular complexity index is 980. The molecular weight excluding hydrogens is 414 g/mol. The molecule has 0 radical (unpaired) electrons. The SMILES string of the molecule is COc1cc(/C=C2\SC(Nc3cc(Cl)ccc3C)NC2=O)ccc1OCC(N)=O. The maximum Gasteiger partial charge on any atom is 0.260 e. The first-order valence-corrected chi connectivity index (χ1v) is 9.92. The van der Waals surface area contributed by atoms with Crippen molar-refractivity contribution in [2.45, 2.75) is 12.4 Å². The lowest BCUT2D eigenvalue weighted by atomic mass is 10.2. The molecule has 2 aromatic carbocycles. The molecular formula is C20H20ClN3O4S. The number of carbonyl (C=O) groups excluding carboxylic acids is 2. The van der Waals surface area contributed by atoms with Gasteiger partial charge in [0.05, 0.1) is 12.0 Å². The molecule has 3 rings (SSSR count). The second kappa shape index (κ2) is 9.11. The molecule has 0 bridgehead atoms. The molecule has 0 aromatic heterocycles. The topological polar surface area (TPSA) is 103 Å². The number of thioether (sulfide) groups is 1. The van der Waals surface area contributed by atoms with Crippen LogP contribution < -0.4 is 25.8 Å². The summed E-state index contributed by atoms with van der Waals surface area (Å²) in [5.41, 5.74) is 7.42. The number of nitrogens with two attached hydrogens (primary N) is 1. The predicted octanol–water partition coefficient (Wildman–Crippen LogP) is 3.12. The molecule has 2 aromatic rings. The maximum absolute atomic E-state index is 12.4. The van der Waals surface area contributed by atoms with Gasteiger partial charge in [-0.05, 0) is 48.4 Å². The van der Waals surface area contributed by atoms with Crippen LogP contribution in [0.25, 0.3) is 6.08 Å². The highest BCUT2D eigenvalue weighted by Gasteiger charge is 2.27. The summed E-state index contributed by atoms with van der Waals surface area (Å²) in [5, 5.41) is 6.78. The molecule has 1 atom stereocenters. The van der Waals surface area contributed by atoms with Gasteiger partial charge in [0, 0.05) is 10.7 Å². The number of hydrogen-bond donors (Lipinski definition) is 3. The van der Waals surface area contributed by atoms with Gasteiger partial charge < -0.3 is 25.8 Å². The van der Waals surface area contributed by atoms with E-state index in [2.05, 4.69) is 10.6 Å². The van der Waals surface area contributed by atoms with Crippen LogP contribution in [0.4, 0.5) is 5.69 Å². The fourth-order valence-corrected chi connectivity index (χ4v) is 3.80. The molecule has 0 saturated carbocycles. The van der Waals surface area contributed by atoms with Crippen LogP contribution in [0.3, 0.4) is 0 Å². The molecule has 1 unspecified atom stereocenters. The molecule has 4 N–H and O–H groups in total. The Hall–Kier alpha value is -2.84. The number of benzene rings is 2. The number of primary amides is 1. The molecule has 1 fully saturated rings. The predicted molar refractivity (Wildman–Crippen MR) is 115 cm³/mol. The summed E-state index contributed by atoms with van der Waals surface area (Å²) in [5.74, 6) is 0.0761. The first-order chi connectivity index (χ1) is 13.9. The summed E-state index contributed by atoms with van der Waals surface area (Å²) in [6.07, 6.45) is 1.76. The van der Waals surface area contributed by atoms with Crippen molar-refractivity contribution in [1.82, 2.24) is 5.32 Å². The zero-order valence-corrected chi connectivity index (χ0v) is 17.4. The highest BCUT2D eigenvalue weighted by molar-refractivity contribution is 8.05. The lowest BCUT2D eigenvalue weighted by Gasteiger charge is -2.15. The van der Waals surface area contributed by atoms with E-state index in [4.69, 9.17) is 26.8 Å². The quantitative estimate of drug-likeness (QED) is 0.580. The van der Waals surface area contributed by atoms with Gasteiger partial charge in [-0.25, -0.2) is 0 Å². The van der Waals surface area contributed by atoms with Gasteiger partial charge in [0.15, 0.2) is 23.6 Å². The van der Waals surface area contributed by atoms with Gasteiger partial charge in [0.2, 0.25) is 0 Å². The first kappa shape index (κ1) is 20.9. The van der Waals surface area contributed by atoms with Crippen LogP contribution in [0.15, 0.2) is 41.3 Å². The molecule has 0 aliphatic carbocycles. The van der Waals surface area contributed by atoms with E-state index in [-0.39, 0.29) is 18.0 Å². The van der Waals surface area contributed by atoms with E-state index < -0.39 is 5.91 Å². The average Bonchev–Trinajstić information content (AvgIpc) is 3.02. The Labute approximate surface area is 177 Å². The van der Waals surface area contributed by atoms with Crippen LogP contribution in [-0.4, -0.2) is 31.0 Å². The van der Waals surface area contributed by atoms with E-state index in [1.165, 1.54) is 18.9 Å². The Morgan fingerprint density at radius 3 is 2.83 bits per heavy atom. The van der Waals surface area contributed by atoms with Crippen LogP contribution >= 0.6 is 23.4 Å². The second-order valence-electron chi connectivity index (χ2n) is 6.25. The highest BCUT2D eigenvalue weighted by atomic mass is 35.5. The third kappa shape index (κ3) is 5.36. The Kier molecular flexibility index (Phi) is 6.56. The van der Waals surface area contributed by atoms with Gasteiger partial charge in [-0.2, -0.15) is 0 Å². The molecule has 1 saturated heterocycles. The Balaban J connectivity index is 1.74. The summed E-state index contributed by atoms with van der Waals surface area (Å²) in [4.78, 5) is 23.8. The normalized spacial score (nSPS) is 17.1. The number of halogens is 1. The van der Waals surface area contributed by atoms with Crippen molar-refractivity contribution < 1.29 is 19.1 Å². The molecule has 7 nitrogen and oxygen atoms in total. The van der Waals surface area contributed by atoms with Gasteiger partial charge in [0.25, 0.3) is 11.8 Å². The molecule has 1 aliphatic rings. The van der Waals surface area contributed by atoms with Crippen LogP contribution in [0, 0.1) is 6.92 Å². The summed E-state index contributed by atoms with van der Waals surface area (Å²) >= 11 is 7.42. The molecule has 2 amide bonds. The second-order valence-corrected chi connectivity index (χ2v) is 7.83. The van der Waals surface area contributed by atoms with Gasteiger partial charge in [-0.1, -0.05) is 35.5 Å². The van der Waals surface area contributed by atoms with E-state index in [1.54, 1.807) is 24.3 Å². The Morgan fingerprint density at radius 2 is 2.10 bits per heavy atom. The standard InChI is InChI=1S/C20H20ClN3O4S/c1-11-3-5-13(21)9-14(11)23-20-24-19(26)17(29-20)8-12-4-6-15(16(7-12)27-2)28-10-18(22)25/h3-9,20,23H,10H2,1-2H3,(H2,22,25)(H,24,26)/b17-8-. The van der Waals surface area contributed by atoms with Crippen molar-refractivity contribution in [2.24, 2.45) is 5.73 Å². The van der Waals surface area contributed by atoms with E-state index in [0.717, 1.165) is 16.8 Å². The Morgan fingerprint density at radius 1 is 1.31 bits per heavy atom. The van der Waals surface area contributed by atoms with Crippen LogP contribution in [0.5, 0.6) is 11.5 Å². The van der Waals surface area contributed by atoms with Crippen molar-refractivity contribution in [3.63, 3.8) is 0 Å². The third-order valence-corrected chi connectivity index (χ3v) is 5.34. The maximum atomic E-state index is 12.4. The van der Waals surface area contributed by atoms with Crippen molar-refractivity contribution in [3.05, 3.63) is 57.5 Å². The van der Waals surface area contributed by atoms with Crippen LogP contribution in [0.2, 0.25) is 5.02 Å². The lowest BCUT2D eigenvalue weighted by Crippen LogP contribution is -2.31. The number of rotatable bonds is 7. The van der Waals surface area contributed by atoms with E-state index >= 15 is 0 Å². The number of nitrogens with one attached hydrogen (secondary N) is 2. The number of anilines is 1. The summed E-state index contributed by atoms with van der Waals surface area (Å²) in [7, 11) is 1.49.